The van der Waals surface area contributed by atoms with Gasteiger partial charge in [-0.05, 0) is 43.5 Å². The minimum atomic E-state index is -4.06. The molecule has 2 aromatic rings. The SMILES string of the molecule is Cc1ccc(Oc2c(N3CCC(C)C3)cc(C#N)cc2S(N)(=O)=O)cc1. The number of primary sulfonamides is 1. The van der Waals surface area contributed by atoms with E-state index in [1.54, 1.807) is 18.2 Å². The van der Waals surface area contributed by atoms with Crippen LogP contribution in [-0.2, 0) is 10.0 Å². The monoisotopic (exact) mass is 371 g/mol. The van der Waals surface area contributed by atoms with Gasteiger partial charge in [0, 0.05) is 13.1 Å². The number of hydrogen-bond donors (Lipinski definition) is 1. The molecule has 1 atom stereocenters. The number of nitriles is 1. The highest BCUT2D eigenvalue weighted by Gasteiger charge is 2.28. The zero-order valence-corrected chi connectivity index (χ0v) is 15.6. The zero-order valence-electron chi connectivity index (χ0n) is 14.8. The van der Waals surface area contributed by atoms with Gasteiger partial charge in [-0.1, -0.05) is 24.6 Å². The first-order valence-electron chi connectivity index (χ1n) is 8.38. The van der Waals surface area contributed by atoms with E-state index in [-0.39, 0.29) is 16.2 Å². The molecule has 0 spiro atoms. The quantitative estimate of drug-likeness (QED) is 0.890. The second-order valence-electron chi connectivity index (χ2n) is 6.73. The largest absolute Gasteiger partial charge is 0.454 e. The van der Waals surface area contributed by atoms with Crippen LogP contribution in [0.1, 0.15) is 24.5 Å². The number of nitrogens with two attached hydrogens (primary N) is 1. The number of hydrogen-bond acceptors (Lipinski definition) is 5. The lowest BCUT2D eigenvalue weighted by Crippen LogP contribution is -2.22. The lowest BCUT2D eigenvalue weighted by molar-refractivity contribution is 0.467. The molecule has 1 aliphatic rings. The van der Waals surface area contributed by atoms with E-state index in [4.69, 9.17) is 9.88 Å². The van der Waals surface area contributed by atoms with Crippen LogP contribution in [-0.4, -0.2) is 21.5 Å². The first-order valence-corrected chi connectivity index (χ1v) is 9.93. The van der Waals surface area contributed by atoms with Crippen LogP contribution in [0.3, 0.4) is 0 Å². The number of rotatable bonds is 4. The van der Waals surface area contributed by atoms with Crippen molar-refractivity contribution in [3.8, 4) is 17.6 Å². The number of anilines is 1. The summed E-state index contributed by atoms with van der Waals surface area (Å²) in [5.74, 6) is 1.16. The van der Waals surface area contributed by atoms with Crippen LogP contribution in [0.2, 0.25) is 0 Å². The van der Waals surface area contributed by atoms with Crippen LogP contribution >= 0.6 is 0 Å². The Morgan fingerprint density at radius 3 is 2.50 bits per heavy atom. The number of ether oxygens (including phenoxy) is 1. The molecule has 0 aromatic heterocycles. The normalized spacial score (nSPS) is 17.2. The molecule has 3 rings (SSSR count). The molecule has 2 aromatic carbocycles. The molecule has 0 radical (unpaired) electrons. The molecule has 26 heavy (non-hydrogen) atoms. The maximum atomic E-state index is 12.2. The average Bonchev–Trinajstić information content (AvgIpc) is 3.02. The van der Waals surface area contributed by atoms with Gasteiger partial charge in [0.15, 0.2) is 5.75 Å². The molecule has 1 fully saturated rings. The van der Waals surface area contributed by atoms with E-state index in [1.807, 2.05) is 30.0 Å². The lowest BCUT2D eigenvalue weighted by Gasteiger charge is -2.23. The maximum Gasteiger partial charge on any atom is 0.241 e. The third kappa shape index (κ3) is 3.82. The summed E-state index contributed by atoms with van der Waals surface area (Å²) in [6, 6.07) is 12.3. The molecule has 1 unspecified atom stereocenters. The molecule has 0 aliphatic carbocycles. The minimum absolute atomic E-state index is 0.171. The fourth-order valence-electron chi connectivity index (χ4n) is 3.08. The van der Waals surface area contributed by atoms with Gasteiger partial charge < -0.3 is 9.64 Å². The van der Waals surface area contributed by atoms with E-state index in [0.717, 1.165) is 25.1 Å². The van der Waals surface area contributed by atoms with Crippen molar-refractivity contribution in [2.24, 2.45) is 11.1 Å². The first-order chi connectivity index (χ1) is 12.3. The standard InChI is InChI=1S/C19H21N3O3S/c1-13-3-5-16(6-4-13)25-19-17(22-8-7-14(2)12-22)9-15(11-20)10-18(19)26(21,23)24/h3-6,9-10,14H,7-8,12H2,1-2H3,(H2,21,23,24). The van der Waals surface area contributed by atoms with Crippen molar-refractivity contribution in [3.05, 3.63) is 47.5 Å². The van der Waals surface area contributed by atoms with Crippen molar-refractivity contribution in [1.82, 2.24) is 0 Å². The second-order valence-corrected chi connectivity index (χ2v) is 8.26. The van der Waals surface area contributed by atoms with E-state index in [1.165, 1.54) is 6.07 Å². The summed E-state index contributed by atoms with van der Waals surface area (Å²) in [4.78, 5) is 1.87. The molecule has 1 saturated heterocycles. The molecule has 0 amide bonds. The molecule has 1 heterocycles. The van der Waals surface area contributed by atoms with Gasteiger partial charge >= 0.3 is 0 Å². The van der Waals surface area contributed by atoms with E-state index in [0.29, 0.717) is 17.4 Å². The van der Waals surface area contributed by atoms with Crippen LogP contribution in [0.25, 0.3) is 0 Å². The number of sulfonamides is 1. The highest BCUT2D eigenvalue weighted by Crippen LogP contribution is 2.40. The van der Waals surface area contributed by atoms with Gasteiger partial charge in [0.05, 0.1) is 17.3 Å². The fourth-order valence-corrected chi connectivity index (χ4v) is 3.77. The van der Waals surface area contributed by atoms with E-state index < -0.39 is 10.0 Å². The molecule has 6 nitrogen and oxygen atoms in total. The Balaban J connectivity index is 2.17. The van der Waals surface area contributed by atoms with Crippen molar-refractivity contribution >= 4 is 15.7 Å². The smallest absolute Gasteiger partial charge is 0.241 e. The van der Waals surface area contributed by atoms with Crippen molar-refractivity contribution in [3.63, 3.8) is 0 Å². The predicted octanol–water partition coefficient (Wildman–Crippen LogP) is 3.15. The van der Waals surface area contributed by atoms with Gasteiger partial charge in [-0.3, -0.25) is 0 Å². The average molecular weight is 371 g/mol. The third-order valence-electron chi connectivity index (χ3n) is 4.48. The van der Waals surface area contributed by atoms with Gasteiger partial charge in [-0.2, -0.15) is 5.26 Å². The fraction of sp³-hybridized carbons (Fsp3) is 0.316. The minimum Gasteiger partial charge on any atom is -0.454 e. The summed E-state index contributed by atoms with van der Waals surface area (Å²) in [6.45, 7) is 5.63. The topological polar surface area (TPSA) is 96.4 Å². The predicted molar refractivity (Wildman–Crippen MR) is 99.8 cm³/mol. The van der Waals surface area contributed by atoms with Crippen LogP contribution in [0.4, 0.5) is 5.69 Å². The van der Waals surface area contributed by atoms with Gasteiger partial charge in [0.25, 0.3) is 0 Å². The zero-order chi connectivity index (χ0) is 18.9. The molecule has 1 aliphatic heterocycles. The Hall–Kier alpha value is -2.56. The number of aryl methyl sites for hydroxylation is 1. The Morgan fingerprint density at radius 2 is 1.96 bits per heavy atom. The molecule has 0 bridgehead atoms. The van der Waals surface area contributed by atoms with Gasteiger partial charge in [-0.25, -0.2) is 13.6 Å². The second kappa shape index (κ2) is 6.98. The number of benzene rings is 2. The molecule has 136 valence electrons. The summed E-state index contributed by atoms with van der Waals surface area (Å²) in [7, 11) is -4.06. The molecule has 0 saturated carbocycles. The van der Waals surface area contributed by atoms with Crippen molar-refractivity contribution < 1.29 is 13.2 Å². The van der Waals surface area contributed by atoms with Crippen LogP contribution < -0.4 is 14.8 Å². The molecular weight excluding hydrogens is 350 g/mol. The summed E-state index contributed by atoms with van der Waals surface area (Å²) < 4.78 is 30.3. The van der Waals surface area contributed by atoms with Crippen molar-refractivity contribution in [1.29, 1.82) is 5.26 Å². The van der Waals surface area contributed by atoms with E-state index >= 15 is 0 Å². The summed E-state index contributed by atoms with van der Waals surface area (Å²) >= 11 is 0. The Labute approximate surface area is 153 Å². The first kappa shape index (κ1) is 18.2. The maximum absolute atomic E-state index is 12.2. The van der Waals surface area contributed by atoms with Gasteiger partial charge in [-0.15, -0.1) is 0 Å². The van der Waals surface area contributed by atoms with Crippen molar-refractivity contribution in [2.75, 3.05) is 18.0 Å². The molecular formula is C19H21N3O3S. The Bertz CT molecular complexity index is 963. The number of nitrogens with zero attached hydrogens (tertiary/aromatic N) is 2. The summed E-state index contributed by atoms with van der Waals surface area (Å²) in [5, 5.41) is 14.7. The molecule has 7 heteroatoms. The van der Waals surface area contributed by atoms with Crippen LogP contribution in [0, 0.1) is 24.2 Å². The van der Waals surface area contributed by atoms with Gasteiger partial charge in [0.1, 0.15) is 10.6 Å². The lowest BCUT2D eigenvalue weighted by atomic mass is 10.1. The van der Waals surface area contributed by atoms with E-state index in [9.17, 15) is 13.7 Å². The Kier molecular flexibility index (Phi) is 4.90. The molecule has 2 N–H and O–H groups in total. The summed E-state index contributed by atoms with van der Waals surface area (Å²) in [6.07, 6.45) is 0.992. The highest BCUT2D eigenvalue weighted by molar-refractivity contribution is 7.89. The van der Waals surface area contributed by atoms with Crippen LogP contribution in [0.15, 0.2) is 41.3 Å². The van der Waals surface area contributed by atoms with Crippen molar-refractivity contribution in [2.45, 2.75) is 25.2 Å². The third-order valence-corrected chi connectivity index (χ3v) is 5.39. The van der Waals surface area contributed by atoms with Gasteiger partial charge in [0.2, 0.25) is 10.0 Å². The summed E-state index contributed by atoms with van der Waals surface area (Å²) in [5.41, 5.74) is 1.88. The van der Waals surface area contributed by atoms with Crippen LogP contribution in [0.5, 0.6) is 11.5 Å². The Morgan fingerprint density at radius 1 is 1.27 bits per heavy atom. The highest BCUT2D eigenvalue weighted by atomic mass is 32.2. The van der Waals surface area contributed by atoms with E-state index in [2.05, 4.69) is 6.92 Å².